The van der Waals surface area contributed by atoms with Gasteiger partial charge >= 0.3 is 5.97 Å². The van der Waals surface area contributed by atoms with E-state index in [4.69, 9.17) is 5.11 Å². The molecule has 0 heterocycles. The molecule has 0 bridgehead atoms. The van der Waals surface area contributed by atoms with Gasteiger partial charge in [0.1, 0.15) is 0 Å². The Balaban J connectivity index is 3.24. The Bertz CT molecular complexity index is 430. The first-order chi connectivity index (χ1) is 6.91. The lowest BCUT2D eigenvalue weighted by Crippen LogP contribution is -2.05. The summed E-state index contributed by atoms with van der Waals surface area (Å²) < 4.78 is 0.726. The molecule has 0 aliphatic rings. The van der Waals surface area contributed by atoms with E-state index in [2.05, 4.69) is 0 Å². The first kappa shape index (κ1) is 11.9. The van der Waals surface area contributed by atoms with Crippen molar-refractivity contribution >= 4 is 28.6 Å². The molecule has 1 N–H and O–H groups in total. The Hall–Kier alpha value is -1.18. The Labute approximate surface area is 99.4 Å². The van der Waals surface area contributed by atoms with Crippen molar-refractivity contribution in [3.63, 3.8) is 0 Å². The number of carbonyl (C=O) groups is 1. The van der Waals surface area contributed by atoms with Gasteiger partial charge in [0.25, 0.3) is 0 Å². The molecule has 1 aromatic carbocycles. The van der Waals surface area contributed by atoms with Crippen LogP contribution in [0.25, 0.3) is 0 Å². The Morgan fingerprint density at radius 3 is 2.67 bits per heavy atom. The molecule has 0 fully saturated rings. The summed E-state index contributed by atoms with van der Waals surface area (Å²) in [6, 6.07) is 2.85. The number of carboxylic acid groups (broad SMARTS) is 1. The van der Waals surface area contributed by atoms with Crippen LogP contribution in [0.5, 0.6) is 0 Å². The molecule has 6 heteroatoms. The SMILES string of the molecule is Cc1c(I)cc(C(=O)O)cc1C[N+](=O)[O-]. The highest BCUT2D eigenvalue weighted by Gasteiger charge is 2.13. The van der Waals surface area contributed by atoms with Gasteiger partial charge in [0.15, 0.2) is 0 Å². The zero-order valence-corrected chi connectivity index (χ0v) is 10.0. The number of halogens is 1. The monoisotopic (exact) mass is 321 g/mol. The van der Waals surface area contributed by atoms with Gasteiger partial charge in [0.2, 0.25) is 6.54 Å². The van der Waals surface area contributed by atoms with Crippen molar-refractivity contribution in [3.05, 3.63) is 42.5 Å². The summed E-state index contributed by atoms with van der Waals surface area (Å²) in [5.74, 6) is -1.07. The molecule has 0 aliphatic heterocycles. The number of carboxylic acids is 1. The van der Waals surface area contributed by atoms with Crippen LogP contribution in [0.15, 0.2) is 12.1 Å². The van der Waals surface area contributed by atoms with E-state index >= 15 is 0 Å². The standard InChI is InChI=1S/C9H8INO4/c1-5-7(4-11(14)15)2-6(9(12)13)3-8(5)10/h2-3H,4H2,1H3,(H,12,13). The van der Waals surface area contributed by atoms with Crippen LogP contribution in [-0.2, 0) is 6.54 Å². The van der Waals surface area contributed by atoms with Crippen molar-refractivity contribution < 1.29 is 14.8 Å². The molecule has 15 heavy (non-hydrogen) atoms. The summed E-state index contributed by atoms with van der Waals surface area (Å²) in [6.45, 7) is 1.40. The third-order valence-electron chi connectivity index (χ3n) is 2.00. The van der Waals surface area contributed by atoms with Gasteiger partial charge < -0.3 is 5.11 Å². The second-order valence-corrected chi connectivity index (χ2v) is 4.20. The van der Waals surface area contributed by atoms with E-state index in [1.54, 1.807) is 6.92 Å². The maximum absolute atomic E-state index is 10.7. The maximum atomic E-state index is 10.7. The van der Waals surface area contributed by atoms with E-state index in [-0.39, 0.29) is 12.1 Å². The van der Waals surface area contributed by atoms with Crippen molar-refractivity contribution in [3.8, 4) is 0 Å². The van der Waals surface area contributed by atoms with Crippen LogP contribution in [-0.4, -0.2) is 16.0 Å². The molecule has 0 spiro atoms. The number of aromatic carboxylic acids is 1. The predicted molar refractivity (Wildman–Crippen MR) is 61.6 cm³/mol. The summed E-state index contributed by atoms with van der Waals surface area (Å²) in [6.07, 6.45) is 0. The molecule has 0 saturated heterocycles. The van der Waals surface area contributed by atoms with Gasteiger partial charge in [-0.3, -0.25) is 10.1 Å². The summed E-state index contributed by atoms with van der Waals surface area (Å²) in [7, 11) is 0. The van der Waals surface area contributed by atoms with Gasteiger partial charge in [0, 0.05) is 14.1 Å². The third kappa shape index (κ3) is 2.88. The van der Waals surface area contributed by atoms with Gasteiger partial charge in [-0.25, -0.2) is 4.79 Å². The summed E-state index contributed by atoms with van der Waals surface area (Å²) in [5, 5.41) is 19.2. The molecule has 0 aliphatic carbocycles. The van der Waals surface area contributed by atoms with Crippen LogP contribution in [0.1, 0.15) is 21.5 Å². The fraction of sp³-hybridized carbons (Fsp3) is 0.222. The molecule has 0 atom stereocenters. The average Bonchev–Trinajstić information content (AvgIpc) is 2.11. The highest BCUT2D eigenvalue weighted by molar-refractivity contribution is 14.1. The smallest absolute Gasteiger partial charge is 0.335 e. The number of hydrogen-bond donors (Lipinski definition) is 1. The lowest BCUT2D eigenvalue weighted by atomic mass is 10.1. The van der Waals surface area contributed by atoms with Crippen molar-refractivity contribution in [2.24, 2.45) is 0 Å². The lowest BCUT2D eigenvalue weighted by Gasteiger charge is -2.05. The molecule has 80 valence electrons. The van der Waals surface area contributed by atoms with Crippen LogP contribution in [0.2, 0.25) is 0 Å². The van der Waals surface area contributed by atoms with Gasteiger partial charge in [-0.15, -0.1) is 0 Å². The first-order valence-electron chi connectivity index (χ1n) is 4.06. The molecule has 0 aromatic heterocycles. The van der Waals surface area contributed by atoms with Crippen LogP contribution >= 0.6 is 22.6 Å². The first-order valence-corrected chi connectivity index (χ1v) is 5.14. The molecule has 0 saturated carbocycles. The summed E-state index contributed by atoms with van der Waals surface area (Å²) in [4.78, 5) is 20.6. The molecule has 1 rings (SSSR count). The van der Waals surface area contributed by atoms with Crippen LogP contribution in [0.4, 0.5) is 0 Å². The van der Waals surface area contributed by atoms with Crippen molar-refractivity contribution in [2.45, 2.75) is 13.5 Å². The minimum absolute atomic E-state index is 0.0850. The zero-order chi connectivity index (χ0) is 11.6. The molecular formula is C9H8INO4. The number of rotatable bonds is 3. The highest BCUT2D eigenvalue weighted by Crippen LogP contribution is 2.19. The fourth-order valence-electron chi connectivity index (χ4n) is 1.16. The van der Waals surface area contributed by atoms with Gasteiger partial charge in [-0.1, -0.05) is 0 Å². The number of nitrogens with zero attached hydrogens (tertiary/aromatic N) is 1. The second-order valence-electron chi connectivity index (χ2n) is 3.04. The zero-order valence-electron chi connectivity index (χ0n) is 7.86. The van der Waals surface area contributed by atoms with E-state index in [1.807, 2.05) is 22.6 Å². The molecule has 0 amide bonds. The Morgan fingerprint density at radius 2 is 2.20 bits per heavy atom. The largest absolute Gasteiger partial charge is 0.478 e. The minimum Gasteiger partial charge on any atom is -0.478 e. The van der Waals surface area contributed by atoms with Gasteiger partial charge in [-0.2, -0.15) is 0 Å². The molecule has 0 radical (unpaired) electrons. The van der Waals surface area contributed by atoms with Crippen LogP contribution in [0, 0.1) is 20.6 Å². The number of nitro groups is 1. The molecule has 5 nitrogen and oxygen atoms in total. The van der Waals surface area contributed by atoms with Crippen molar-refractivity contribution in [1.29, 1.82) is 0 Å². The normalized spacial score (nSPS) is 10.0. The van der Waals surface area contributed by atoms with Crippen LogP contribution < -0.4 is 0 Å². The molecule has 1 aromatic rings. The van der Waals surface area contributed by atoms with Crippen molar-refractivity contribution in [1.82, 2.24) is 0 Å². The van der Waals surface area contributed by atoms with E-state index in [0.29, 0.717) is 5.56 Å². The average molecular weight is 321 g/mol. The maximum Gasteiger partial charge on any atom is 0.335 e. The van der Waals surface area contributed by atoms with E-state index in [9.17, 15) is 14.9 Å². The number of benzene rings is 1. The van der Waals surface area contributed by atoms with Crippen molar-refractivity contribution in [2.75, 3.05) is 0 Å². The number of hydrogen-bond acceptors (Lipinski definition) is 3. The summed E-state index contributed by atoms with van der Waals surface area (Å²) in [5.41, 5.74) is 1.29. The van der Waals surface area contributed by atoms with Gasteiger partial charge in [-0.05, 0) is 47.2 Å². The Kier molecular flexibility index (Phi) is 3.61. The third-order valence-corrected chi connectivity index (χ3v) is 3.12. The highest BCUT2D eigenvalue weighted by atomic mass is 127. The quantitative estimate of drug-likeness (QED) is 0.525. The fourth-order valence-corrected chi connectivity index (χ4v) is 1.84. The second kappa shape index (κ2) is 4.56. The molecular weight excluding hydrogens is 313 g/mol. The minimum atomic E-state index is -1.07. The van der Waals surface area contributed by atoms with Gasteiger partial charge in [0.05, 0.1) is 5.56 Å². The predicted octanol–water partition coefficient (Wildman–Crippen LogP) is 2.07. The molecule has 0 unspecified atom stereocenters. The van der Waals surface area contributed by atoms with Crippen LogP contribution in [0.3, 0.4) is 0 Å². The van der Waals surface area contributed by atoms with E-state index in [1.165, 1.54) is 12.1 Å². The summed E-state index contributed by atoms with van der Waals surface area (Å²) >= 11 is 1.97. The van der Waals surface area contributed by atoms with E-state index < -0.39 is 10.9 Å². The topological polar surface area (TPSA) is 80.4 Å². The lowest BCUT2D eigenvalue weighted by molar-refractivity contribution is -0.496. The Morgan fingerprint density at radius 1 is 1.60 bits per heavy atom. The van der Waals surface area contributed by atoms with E-state index in [0.717, 1.165) is 9.13 Å².